The molecule has 0 spiro atoms. The van der Waals surface area contributed by atoms with E-state index in [0.717, 1.165) is 50.0 Å². The van der Waals surface area contributed by atoms with Gasteiger partial charge in [-0.15, -0.1) is 0 Å². The highest BCUT2D eigenvalue weighted by Crippen LogP contribution is 2.31. The minimum atomic E-state index is -0.582. The number of carbonyl (C=O) groups excluding carboxylic acids is 1. The predicted molar refractivity (Wildman–Crippen MR) is 144 cm³/mol. The molecule has 0 N–H and O–H groups in total. The van der Waals surface area contributed by atoms with Crippen LogP contribution in [0, 0.1) is 11.7 Å². The van der Waals surface area contributed by atoms with E-state index in [9.17, 15) is 9.18 Å². The van der Waals surface area contributed by atoms with Crippen molar-refractivity contribution in [2.75, 3.05) is 0 Å². The fourth-order valence-corrected chi connectivity index (χ4v) is 5.18. The van der Waals surface area contributed by atoms with Gasteiger partial charge in [0, 0.05) is 18.0 Å². The van der Waals surface area contributed by atoms with Crippen molar-refractivity contribution in [3.05, 3.63) is 47.5 Å². The van der Waals surface area contributed by atoms with Gasteiger partial charge in [0.25, 0.3) is 0 Å². The third-order valence-electron chi connectivity index (χ3n) is 7.50. The topological polar surface area (TPSA) is 52.1 Å². The van der Waals surface area contributed by atoms with E-state index in [-0.39, 0.29) is 11.7 Å². The highest BCUT2D eigenvalue weighted by atomic mass is 19.1. The molecule has 0 amide bonds. The molecule has 1 fully saturated rings. The first-order valence-electron chi connectivity index (χ1n) is 14.4. The number of ether oxygens (including phenoxy) is 1. The van der Waals surface area contributed by atoms with E-state index < -0.39 is 11.8 Å². The highest BCUT2D eigenvalue weighted by Gasteiger charge is 2.25. The van der Waals surface area contributed by atoms with Crippen molar-refractivity contribution in [2.24, 2.45) is 5.92 Å². The SMILES string of the molecule is CCCCCCCCC1CCC(OC(=O)c2ccc(-c3ncc(CCCCCC)cn3)cc2F)CC1. The number of hydrogen-bond donors (Lipinski definition) is 0. The van der Waals surface area contributed by atoms with Gasteiger partial charge in [0.1, 0.15) is 11.9 Å². The van der Waals surface area contributed by atoms with E-state index in [4.69, 9.17) is 4.74 Å². The van der Waals surface area contributed by atoms with Crippen molar-refractivity contribution in [3.8, 4) is 11.4 Å². The van der Waals surface area contributed by atoms with Gasteiger partial charge in [0.05, 0.1) is 5.56 Å². The van der Waals surface area contributed by atoms with Crippen molar-refractivity contribution >= 4 is 5.97 Å². The molecule has 5 heteroatoms. The monoisotopic (exact) mass is 496 g/mol. The average Bonchev–Trinajstić information content (AvgIpc) is 2.90. The van der Waals surface area contributed by atoms with Crippen LogP contribution < -0.4 is 0 Å². The second-order valence-electron chi connectivity index (χ2n) is 10.5. The molecular weight excluding hydrogens is 451 g/mol. The standard InChI is InChI=1S/C31H45FN2O2/c1-3-5-7-9-10-12-13-24-15-18-27(19-16-24)36-31(35)28-20-17-26(21-29(28)32)30-33-22-25(23-34-30)14-11-8-6-4-2/h17,20-24,27H,3-16,18-19H2,1-2H3. The maximum Gasteiger partial charge on any atom is 0.341 e. The van der Waals surface area contributed by atoms with Crippen LogP contribution in [-0.2, 0) is 11.2 Å². The normalized spacial score (nSPS) is 17.8. The van der Waals surface area contributed by atoms with Crippen LogP contribution in [-0.4, -0.2) is 22.0 Å². The van der Waals surface area contributed by atoms with E-state index in [0.29, 0.717) is 11.4 Å². The van der Waals surface area contributed by atoms with Gasteiger partial charge < -0.3 is 4.74 Å². The zero-order valence-corrected chi connectivity index (χ0v) is 22.4. The molecule has 0 saturated heterocycles. The molecule has 2 aromatic rings. The number of aryl methyl sites for hydroxylation is 1. The van der Waals surface area contributed by atoms with E-state index >= 15 is 0 Å². The van der Waals surface area contributed by atoms with Crippen LogP contribution in [0.4, 0.5) is 4.39 Å². The van der Waals surface area contributed by atoms with Gasteiger partial charge in [0.2, 0.25) is 0 Å². The molecule has 198 valence electrons. The Balaban J connectivity index is 1.43. The highest BCUT2D eigenvalue weighted by molar-refractivity contribution is 5.90. The predicted octanol–water partition coefficient (Wildman–Crippen LogP) is 8.87. The first-order valence-corrected chi connectivity index (χ1v) is 14.4. The number of carbonyl (C=O) groups is 1. The van der Waals surface area contributed by atoms with Gasteiger partial charge in [-0.2, -0.15) is 0 Å². The Morgan fingerprint density at radius 1 is 0.889 bits per heavy atom. The van der Waals surface area contributed by atoms with Crippen molar-refractivity contribution < 1.29 is 13.9 Å². The average molecular weight is 497 g/mol. The second kappa shape index (κ2) is 15.7. The van der Waals surface area contributed by atoms with Crippen molar-refractivity contribution in [1.29, 1.82) is 0 Å². The molecule has 0 aliphatic heterocycles. The summed E-state index contributed by atoms with van der Waals surface area (Å²) in [6.07, 6.45) is 22.5. The smallest absolute Gasteiger partial charge is 0.341 e. The molecule has 36 heavy (non-hydrogen) atoms. The second-order valence-corrected chi connectivity index (χ2v) is 10.5. The van der Waals surface area contributed by atoms with Gasteiger partial charge in [-0.1, -0.05) is 84.1 Å². The first-order chi connectivity index (χ1) is 17.6. The molecule has 1 aromatic heterocycles. The maximum atomic E-state index is 14.8. The summed E-state index contributed by atoms with van der Waals surface area (Å²) in [5.74, 6) is 0.0583. The zero-order chi connectivity index (χ0) is 25.6. The first kappa shape index (κ1) is 28.3. The molecule has 1 aliphatic rings. The van der Waals surface area contributed by atoms with E-state index in [1.807, 2.05) is 12.4 Å². The molecule has 4 nitrogen and oxygen atoms in total. The Hall–Kier alpha value is -2.30. The molecule has 1 heterocycles. The maximum absolute atomic E-state index is 14.8. The summed E-state index contributed by atoms with van der Waals surface area (Å²) in [6.45, 7) is 4.45. The summed E-state index contributed by atoms with van der Waals surface area (Å²) in [4.78, 5) is 21.5. The number of halogens is 1. The van der Waals surface area contributed by atoms with E-state index in [2.05, 4.69) is 23.8 Å². The van der Waals surface area contributed by atoms with Gasteiger partial charge in [0.15, 0.2) is 5.82 Å². The van der Waals surface area contributed by atoms with Crippen LogP contribution in [0.25, 0.3) is 11.4 Å². The summed E-state index contributed by atoms with van der Waals surface area (Å²) >= 11 is 0. The van der Waals surface area contributed by atoms with Crippen LogP contribution in [0.1, 0.15) is 126 Å². The van der Waals surface area contributed by atoms with Crippen molar-refractivity contribution in [2.45, 2.75) is 123 Å². The number of hydrogen-bond acceptors (Lipinski definition) is 4. The van der Waals surface area contributed by atoms with Crippen LogP contribution in [0.2, 0.25) is 0 Å². The zero-order valence-electron chi connectivity index (χ0n) is 22.4. The van der Waals surface area contributed by atoms with Crippen molar-refractivity contribution in [3.63, 3.8) is 0 Å². The Labute approximate surface area is 217 Å². The molecule has 1 saturated carbocycles. The lowest BCUT2D eigenvalue weighted by Crippen LogP contribution is -2.25. The van der Waals surface area contributed by atoms with Gasteiger partial charge >= 0.3 is 5.97 Å². The molecule has 0 atom stereocenters. The van der Waals surface area contributed by atoms with E-state index in [1.165, 1.54) is 76.3 Å². The number of unbranched alkanes of at least 4 members (excludes halogenated alkanes) is 8. The number of nitrogens with zero attached hydrogens (tertiary/aromatic N) is 2. The molecular formula is C31H45FN2O2. The van der Waals surface area contributed by atoms with E-state index in [1.54, 1.807) is 6.07 Å². The molecule has 1 aromatic carbocycles. The van der Waals surface area contributed by atoms with Crippen LogP contribution in [0.3, 0.4) is 0 Å². The minimum Gasteiger partial charge on any atom is -0.459 e. The number of rotatable bonds is 15. The lowest BCUT2D eigenvalue weighted by Gasteiger charge is -2.28. The summed E-state index contributed by atoms with van der Waals surface area (Å²) in [5, 5.41) is 0. The number of aromatic nitrogens is 2. The lowest BCUT2D eigenvalue weighted by atomic mass is 9.84. The van der Waals surface area contributed by atoms with Gasteiger partial charge in [-0.3, -0.25) is 0 Å². The van der Waals surface area contributed by atoms with Crippen LogP contribution in [0.15, 0.2) is 30.6 Å². The molecule has 0 bridgehead atoms. The quantitative estimate of drug-likeness (QED) is 0.182. The summed E-state index contributed by atoms with van der Waals surface area (Å²) in [6, 6.07) is 4.54. The lowest BCUT2D eigenvalue weighted by molar-refractivity contribution is 0.0156. The Bertz CT molecular complexity index is 907. The molecule has 1 aliphatic carbocycles. The Morgan fingerprint density at radius 3 is 2.19 bits per heavy atom. The Morgan fingerprint density at radius 2 is 1.53 bits per heavy atom. The summed E-state index contributed by atoms with van der Waals surface area (Å²) in [7, 11) is 0. The largest absolute Gasteiger partial charge is 0.459 e. The van der Waals surface area contributed by atoms with Crippen LogP contribution in [0.5, 0.6) is 0 Å². The minimum absolute atomic E-state index is 0.0134. The summed E-state index contributed by atoms with van der Waals surface area (Å²) in [5.41, 5.74) is 1.65. The van der Waals surface area contributed by atoms with Crippen molar-refractivity contribution in [1.82, 2.24) is 9.97 Å². The number of benzene rings is 1. The van der Waals surface area contributed by atoms with Gasteiger partial charge in [-0.25, -0.2) is 19.2 Å². The molecule has 0 unspecified atom stereocenters. The third kappa shape index (κ3) is 9.29. The fraction of sp³-hybridized carbons (Fsp3) is 0.645. The molecule has 3 rings (SSSR count). The molecule has 0 radical (unpaired) electrons. The Kier molecular flexibility index (Phi) is 12.4. The van der Waals surface area contributed by atoms with Gasteiger partial charge in [-0.05, 0) is 62.1 Å². The summed E-state index contributed by atoms with van der Waals surface area (Å²) < 4.78 is 20.5. The number of esters is 1. The fourth-order valence-electron chi connectivity index (χ4n) is 5.18. The third-order valence-corrected chi connectivity index (χ3v) is 7.50. The van der Waals surface area contributed by atoms with Crippen LogP contribution >= 0.6 is 0 Å².